The van der Waals surface area contributed by atoms with Crippen LogP contribution in [-0.2, 0) is 20.0 Å². The van der Waals surface area contributed by atoms with Crippen molar-refractivity contribution < 1.29 is 28.8 Å². The van der Waals surface area contributed by atoms with E-state index in [1.54, 1.807) is 0 Å². The predicted molar refractivity (Wildman–Crippen MR) is 53.2 cm³/mol. The Balaban J connectivity index is 0.000000385. The van der Waals surface area contributed by atoms with Crippen molar-refractivity contribution in [2.24, 2.45) is 0 Å². The number of hydrogen-bond donors (Lipinski definition) is 0. The molecule has 92 valence electrons. The van der Waals surface area contributed by atoms with E-state index in [-0.39, 0.29) is 0 Å². The van der Waals surface area contributed by atoms with Gasteiger partial charge in [-0.05, 0) is 13.8 Å². The van der Waals surface area contributed by atoms with Crippen molar-refractivity contribution in [1.82, 2.24) is 0 Å². The van der Waals surface area contributed by atoms with Crippen LogP contribution in [0.2, 0.25) is 0 Å². The zero-order valence-corrected chi connectivity index (χ0v) is 11.2. The molecule has 0 unspecified atom stereocenters. The van der Waals surface area contributed by atoms with Gasteiger partial charge in [0.05, 0.1) is 13.1 Å². The first-order valence-corrected chi connectivity index (χ1v) is 8.07. The van der Waals surface area contributed by atoms with Gasteiger partial charge in [-0.25, -0.2) is 0 Å². The second-order valence-corrected chi connectivity index (χ2v) is 5.57. The molecule has 7 heteroatoms. The molecule has 16 heavy (non-hydrogen) atoms. The molecule has 0 bridgehead atoms. The first-order valence-electron chi connectivity index (χ1n) is 4.75. The molecule has 1 aromatic rings. The standard InChI is InChI=1S/C9H15N2.ClH.Cr.3O/c1-3-10(4-2)11-8-6-5-7-9-11;;;;;/h5-9H,3-4H2,1-2H3;1H;;;;/q+1;;+1;;;-1/p-1. The van der Waals surface area contributed by atoms with Gasteiger partial charge >= 0.3 is 34.2 Å². The van der Waals surface area contributed by atoms with Crippen molar-refractivity contribution in [2.75, 3.05) is 18.1 Å². The summed E-state index contributed by atoms with van der Waals surface area (Å²) in [5.74, 6) is 0. The average Bonchev–Trinajstić information content (AvgIpc) is 2.19. The summed E-state index contributed by atoms with van der Waals surface area (Å²) in [5, 5.41) is 2.25. The molecule has 0 aliphatic carbocycles. The van der Waals surface area contributed by atoms with Gasteiger partial charge in [0, 0.05) is 12.1 Å². The summed E-state index contributed by atoms with van der Waals surface area (Å²) < 4.78 is 28.9. The third kappa shape index (κ3) is 8.63. The molecular formula is C9H15ClCrN2O3. The van der Waals surface area contributed by atoms with Gasteiger partial charge in [0.25, 0.3) is 0 Å². The fraction of sp³-hybridized carbons (Fsp3) is 0.444. The van der Waals surface area contributed by atoms with Gasteiger partial charge in [0.1, 0.15) is 0 Å². The first kappa shape index (κ1) is 15.3. The number of rotatable bonds is 3. The zero-order valence-electron chi connectivity index (χ0n) is 9.21. The maximum absolute atomic E-state index is 8.91. The molecule has 1 aromatic heterocycles. The summed E-state index contributed by atoms with van der Waals surface area (Å²) >= 11 is -5.03. The van der Waals surface area contributed by atoms with Crippen LogP contribution in [-0.4, -0.2) is 13.1 Å². The summed E-state index contributed by atoms with van der Waals surface area (Å²) in [6.07, 6.45) is 4.12. The Morgan fingerprint density at radius 3 is 1.88 bits per heavy atom. The Morgan fingerprint density at radius 2 is 1.56 bits per heavy atom. The van der Waals surface area contributed by atoms with Gasteiger partial charge in [0.15, 0.2) is 12.4 Å². The molecule has 1 rings (SSSR count). The molecule has 0 atom stereocenters. The molecule has 0 aromatic carbocycles. The van der Waals surface area contributed by atoms with E-state index < -0.39 is 12.4 Å². The molecule has 1 heterocycles. The summed E-state index contributed by atoms with van der Waals surface area (Å²) in [6.45, 7) is 6.41. The Kier molecular flexibility index (Phi) is 7.26. The number of nitrogens with zero attached hydrogens (tertiary/aromatic N) is 2. The predicted octanol–water partition coefficient (Wildman–Crippen LogP) is 0.212. The molecule has 0 fully saturated rings. The monoisotopic (exact) mass is 286 g/mol. The third-order valence-corrected chi connectivity index (χ3v) is 1.76. The van der Waals surface area contributed by atoms with Crippen molar-refractivity contribution in [3.05, 3.63) is 30.6 Å². The molecular weight excluding hydrogens is 272 g/mol. The van der Waals surface area contributed by atoms with E-state index >= 15 is 0 Å². The van der Waals surface area contributed by atoms with Gasteiger partial charge in [-0.3, -0.25) is 0 Å². The van der Waals surface area contributed by atoms with Gasteiger partial charge < -0.3 is 0 Å². The van der Waals surface area contributed by atoms with Gasteiger partial charge in [0.2, 0.25) is 0 Å². The summed E-state index contributed by atoms with van der Waals surface area (Å²) in [6, 6.07) is 6.11. The zero-order chi connectivity index (χ0) is 12.6. The fourth-order valence-electron chi connectivity index (χ4n) is 1.13. The SMILES string of the molecule is CCN(CC)[n+]1ccccc1.[O]=[Cr](=[O])([O-])[Cl]. The normalized spacial score (nSPS) is 10.2. The van der Waals surface area contributed by atoms with Crippen LogP contribution < -0.4 is 13.8 Å². The molecule has 0 aliphatic heterocycles. The molecule has 0 saturated carbocycles. The Labute approximate surface area is 101 Å². The van der Waals surface area contributed by atoms with E-state index in [0.717, 1.165) is 13.1 Å². The minimum atomic E-state index is -5.03. The van der Waals surface area contributed by atoms with E-state index in [2.05, 4.69) is 46.0 Å². The summed E-state index contributed by atoms with van der Waals surface area (Å²) in [4.78, 5) is 0. The minimum absolute atomic E-state index is 1.05. The maximum atomic E-state index is 8.91. The number of hydrogen-bond acceptors (Lipinski definition) is 4. The Morgan fingerprint density at radius 1 is 1.19 bits per heavy atom. The second-order valence-electron chi connectivity index (χ2n) is 2.79. The summed E-state index contributed by atoms with van der Waals surface area (Å²) in [7, 11) is 4.02. The van der Waals surface area contributed by atoms with Crippen molar-refractivity contribution in [1.29, 1.82) is 0 Å². The first-order chi connectivity index (χ1) is 7.38. The Bertz CT molecular complexity index is 371. The van der Waals surface area contributed by atoms with Crippen molar-refractivity contribution >= 4 is 10.0 Å². The third-order valence-electron chi connectivity index (χ3n) is 1.76. The molecule has 0 saturated heterocycles. The number of halogens is 1. The van der Waals surface area contributed by atoms with Crippen molar-refractivity contribution in [3.8, 4) is 0 Å². The van der Waals surface area contributed by atoms with Crippen molar-refractivity contribution in [3.63, 3.8) is 0 Å². The van der Waals surface area contributed by atoms with Crippen LogP contribution in [0.25, 0.3) is 0 Å². The van der Waals surface area contributed by atoms with Crippen LogP contribution in [0, 0.1) is 0 Å². The van der Waals surface area contributed by atoms with E-state index in [0.29, 0.717) is 0 Å². The molecule has 0 spiro atoms. The van der Waals surface area contributed by atoms with Gasteiger partial charge in [-0.2, -0.15) is 5.01 Å². The fourth-order valence-corrected chi connectivity index (χ4v) is 1.13. The number of pyridine rings is 1. The van der Waals surface area contributed by atoms with Crippen LogP contribution in [0.3, 0.4) is 0 Å². The van der Waals surface area contributed by atoms with Crippen LogP contribution in [0.15, 0.2) is 30.6 Å². The molecule has 0 amide bonds. The topological polar surface area (TPSA) is 64.3 Å². The molecule has 0 N–H and O–H groups in total. The molecule has 5 nitrogen and oxygen atoms in total. The van der Waals surface area contributed by atoms with Gasteiger partial charge in [-0.15, -0.1) is 0 Å². The molecule has 0 radical (unpaired) electrons. The van der Waals surface area contributed by atoms with E-state index in [1.165, 1.54) is 0 Å². The average molecular weight is 287 g/mol. The van der Waals surface area contributed by atoms with E-state index in [1.807, 2.05) is 18.2 Å². The van der Waals surface area contributed by atoms with Gasteiger partial charge in [-0.1, -0.05) is 10.7 Å². The quantitative estimate of drug-likeness (QED) is 0.745. The molecule has 0 aliphatic rings. The van der Waals surface area contributed by atoms with Crippen molar-refractivity contribution in [2.45, 2.75) is 13.8 Å². The van der Waals surface area contributed by atoms with E-state index in [9.17, 15) is 0 Å². The summed E-state index contributed by atoms with van der Waals surface area (Å²) in [5.41, 5.74) is 0. The van der Waals surface area contributed by atoms with E-state index in [4.69, 9.17) is 11.8 Å². The van der Waals surface area contributed by atoms with Crippen LogP contribution >= 0.6 is 10.0 Å². The number of aromatic nitrogens is 1. The van der Waals surface area contributed by atoms with Crippen LogP contribution in [0.5, 0.6) is 0 Å². The second kappa shape index (κ2) is 7.58. The van der Waals surface area contributed by atoms with Crippen LogP contribution in [0.1, 0.15) is 13.8 Å². The Hall–Kier alpha value is -0.668. The van der Waals surface area contributed by atoms with Crippen LogP contribution in [0.4, 0.5) is 0 Å².